The number of halogens is 1. The molecule has 0 bridgehead atoms. The minimum atomic E-state index is -3.59. The SMILES string of the molecule is Cc1ccc(C)c(S(=O)(=O)Nc2ccccc2C(C)Br)c1. The second-order valence-electron chi connectivity index (χ2n) is 5.08. The summed E-state index contributed by atoms with van der Waals surface area (Å²) in [6, 6.07) is 12.8. The van der Waals surface area contributed by atoms with Gasteiger partial charge in [0.1, 0.15) is 0 Å². The molecule has 0 fully saturated rings. The van der Waals surface area contributed by atoms with Gasteiger partial charge >= 0.3 is 0 Å². The Morgan fingerprint density at radius 2 is 1.76 bits per heavy atom. The standard InChI is InChI=1S/C16H18BrNO2S/c1-11-8-9-12(2)16(10-11)21(19,20)18-15-7-5-4-6-14(15)13(3)17/h4-10,13,18H,1-3H3. The maximum atomic E-state index is 12.6. The molecule has 1 atom stereocenters. The zero-order valence-corrected chi connectivity index (χ0v) is 14.6. The van der Waals surface area contributed by atoms with Gasteiger partial charge in [0.25, 0.3) is 10.0 Å². The Labute approximate surface area is 134 Å². The highest BCUT2D eigenvalue weighted by atomic mass is 79.9. The number of aryl methyl sites for hydroxylation is 2. The highest BCUT2D eigenvalue weighted by molar-refractivity contribution is 9.09. The number of anilines is 1. The third kappa shape index (κ3) is 3.66. The van der Waals surface area contributed by atoms with Crippen LogP contribution in [-0.4, -0.2) is 8.42 Å². The maximum Gasteiger partial charge on any atom is 0.262 e. The molecular weight excluding hydrogens is 350 g/mol. The van der Waals surface area contributed by atoms with Gasteiger partial charge in [-0.25, -0.2) is 8.42 Å². The number of alkyl halides is 1. The summed E-state index contributed by atoms with van der Waals surface area (Å²) >= 11 is 3.49. The van der Waals surface area contributed by atoms with E-state index in [1.54, 1.807) is 19.1 Å². The van der Waals surface area contributed by atoms with Crippen LogP contribution in [0, 0.1) is 13.8 Å². The van der Waals surface area contributed by atoms with Gasteiger partial charge in [0, 0.05) is 4.83 Å². The summed E-state index contributed by atoms with van der Waals surface area (Å²) in [4.78, 5) is 0.384. The summed E-state index contributed by atoms with van der Waals surface area (Å²) in [5, 5.41) is 0. The van der Waals surface area contributed by atoms with Gasteiger partial charge in [-0.3, -0.25) is 4.72 Å². The zero-order chi connectivity index (χ0) is 15.6. The van der Waals surface area contributed by atoms with Gasteiger partial charge in [0.15, 0.2) is 0 Å². The molecule has 21 heavy (non-hydrogen) atoms. The Kier molecular flexibility index (Phi) is 4.74. The first-order valence-corrected chi connectivity index (χ1v) is 9.04. The van der Waals surface area contributed by atoms with Crippen LogP contribution in [0.4, 0.5) is 5.69 Å². The molecule has 0 saturated carbocycles. The fourth-order valence-electron chi connectivity index (χ4n) is 2.13. The summed E-state index contributed by atoms with van der Waals surface area (Å²) < 4.78 is 27.9. The van der Waals surface area contributed by atoms with E-state index in [2.05, 4.69) is 20.7 Å². The molecule has 0 saturated heterocycles. The monoisotopic (exact) mass is 367 g/mol. The van der Waals surface area contributed by atoms with Crippen LogP contribution >= 0.6 is 15.9 Å². The first kappa shape index (κ1) is 16.0. The maximum absolute atomic E-state index is 12.6. The average molecular weight is 368 g/mol. The molecule has 0 aliphatic carbocycles. The Bertz CT molecular complexity index is 755. The number of nitrogens with one attached hydrogen (secondary N) is 1. The zero-order valence-electron chi connectivity index (χ0n) is 12.2. The largest absolute Gasteiger partial charge is 0.279 e. The number of para-hydroxylation sites is 1. The molecule has 112 valence electrons. The molecule has 0 amide bonds. The Balaban J connectivity index is 2.45. The molecule has 0 aliphatic heterocycles. The van der Waals surface area contributed by atoms with E-state index in [9.17, 15) is 8.42 Å². The molecule has 1 unspecified atom stereocenters. The second kappa shape index (κ2) is 6.20. The van der Waals surface area contributed by atoms with Crippen molar-refractivity contribution in [1.29, 1.82) is 0 Å². The van der Waals surface area contributed by atoms with Crippen molar-refractivity contribution < 1.29 is 8.42 Å². The lowest BCUT2D eigenvalue weighted by Gasteiger charge is -2.15. The first-order valence-electron chi connectivity index (χ1n) is 6.64. The molecule has 0 heterocycles. The number of hydrogen-bond acceptors (Lipinski definition) is 2. The minimum Gasteiger partial charge on any atom is -0.279 e. The molecule has 3 nitrogen and oxygen atoms in total. The van der Waals surface area contributed by atoms with Crippen LogP contribution in [-0.2, 0) is 10.0 Å². The third-order valence-electron chi connectivity index (χ3n) is 3.27. The van der Waals surface area contributed by atoms with Crippen molar-refractivity contribution in [2.24, 2.45) is 0 Å². The van der Waals surface area contributed by atoms with Crippen molar-refractivity contribution in [3.63, 3.8) is 0 Å². The third-order valence-corrected chi connectivity index (χ3v) is 5.27. The highest BCUT2D eigenvalue weighted by Crippen LogP contribution is 2.30. The van der Waals surface area contributed by atoms with Gasteiger partial charge in [-0.05, 0) is 49.6 Å². The van der Waals surface area contributed by atoms with E-state index < -0.39 is 10.0 Å². The summed E-state index contributed by atoms with van der Waals surface area (Å²) in [5.41, 5.74) is 3.16. The Morgan fingerprint density at radius 3 is 2.43 bits per heavy atom. The number of benzene rings is 2. The molecule has 5 heteroatoms. The summed E-state index contributed by atoms with van der Waals surface area (Å²) in [5.74, 6) is 0. The Hall–Kier alpha value is -1.33. The van der Waals surface area contributed by atoms with Crippen molar-refractivity contribution >= 4 is 31.6 Å². The number of rotatable bonds is 4. The lowest BCUT2D eigenvalue weighted by molar-refractivity contribution is 0.600. The van der Waals surface area contributed by atoms with Gasteiger partial charge in [0.05, 0.1) is 10.6 Å². The first-order chi connectivity index (χ1) is 9.81. The van der Waals surface area contributed by atoms with Crippen molar-refractivity contribution in [3.05, 3.63) is 59.2 Å². The van der Waals surface area contributed by atoms with Gasteiger partial charge in [-0.1, -0.05) is 46.3 Å². The topological polar surface area (TPSA) is 46.2 Å². The van der Waals surface area contributed by atoms with E-state index in [1.807, 2.05) is 44.2 Å². The lowest BCUT2D eigenvalue weighted by Crippen LogP contribution is -2.15. The van der Waals surface area contributed by atoms with Crippen LogP contribution in [0.15, 0.2) is 47.4 Å². The van der Waals surface area contributed by atoms with Crippen molar-refractivity contribution in [2.75, 3.05) is 4.72 Å². The molecule has 0 aliphatic rings. The quantitative estimate of drug-likeness (QED) is 0.805. The Morgan fingerprint density at radius 1 is 1.10 bits per heavy atom. The molecule has 0 radical (unpaired) electrons. The summed E-state index contributed by atoms with van der Waals surface area (Å²) in [6.07, 6.45) is 0. The number of sulfonamides is 1. The molecule has 0 aromatic heterocycles. The molecule has 2 aromatic rings. The smallest absolute Gasteiger partial charge is 0.262 e. The van der Waals surface area contributed by atoms with Crippen LogP contribution < -0.4 is 4.72 Å². The fraction of sp³-hybridized carbons (Fsp3) is 0.250. The fourth-order valence-corrected chi connectivity index (χ4v) is 3.95. The van der Waals surface area contributed by atoms with Gasteiger partial charge in [-0.2, -0.15) is 0 Å². The van der Waals surface area contributed by atoms with E-state index in [-0.39, 0.29) is 4.83 Å². The van der Waals surface area contributed by atoms with Gasteiger partial charge in [0.2, 0.25) is 0 Å². The second-order valence-corrected chi connectivity index (χ2v) is 8.10. The van der Waals surface area contributed by atoms with E-state index in [0.29, 0.717) is 10.6 Å². The molecular formula is C16H18BrNO2S. The normalized spacial score (nSPS) is 13.0. The summed E-state index contributed by atoms with van der Waals surface area (Å²) in [7, 11) is -3.59. The van der Waals surface area contributed by atoms with Gasteiger partial charge in [-0.15, -0.1) is 0 Å². The average Bonchev–Trinajstić information content (AvgIpc) is 2.41. The molecule has 1 N–H and O–H groups in total. The van der Waals surface area contributed by atoms with E-state index >= 15 is 0 Å². The van der Waals surface area contributed by atoms with Crippen LogP contribution in [0.5, 0.6) is 0 Å². The summed E-state index contributed by atoms with van der Waals surface area (Å²) in [6.45, 7) is 5.64. The van der Waals surface area contributed by atoms with E-state index in [4.69, 9.17) is 0 Å². The van der Waals surface area contributed by atoms with Crippen molar-refractivity contribution in [3.8, 4) is 0 Å². The highest BCUT2D eigenvalue weighted by Gasteiger charge is 2.19. The molecule has 2 aromatic carbocycles. The lowest BCUT2D eigenvalue weighted by atomic mass is 10.1. The van der Waals surface area contributed by atoms with Gasteiger partial charge < -0.3 is 0 Å². The van der Waals surface area contributed by atoms with Crippen LogP contribution in [0.1, 0.15) is 28.4 Å². The van der Waals surface area contributed by atoms with Crippen LogP contribution in [0.3, 0.4) is 0 Å². The molecule has 2 rings (SSSR count). The van der Waals surface area contributed by atoms with Crippen LogP contribution in [0.25, 0.3) is 0 Å². The predicted molar refractivity (Wildman–Crippen MR) is 90.5 cm³/mol. The van der Waals surface area contributed by atoms with E-state index in [1.165, 1.54) is 0 Å². The van der Waals surface area contributed by atoms with E-state index in [0.717, 1.165) is 16.7 Å². The number of hydrogen-bond donors (Lipinski definition) is 1. The molecule has 0 spiro atoms. The minimum absolute atomic E-state index is 0.0648. The van der Waals surface area contributed by atoms with Crippen LogP contribution in [0.2, 0.25) is 0 Å². The van der Waals surface area contributed by atoms with Crippen molar-refractivity contribution in [2.45, 2.75) is 30.5 Å². The predicted octanol–water partition coefficient (Wildman–Crippen LogP) is 4.56. The van der Waals surface area contributed by atoms with Crippen molar-refractivity contribution in [1.82, 2.24) is 0 Å².